The monoisotopic (exact) mass is 367 g/mol. The Morgan fingerprint density at radius 1 is 1.48 bits per heavy atom. The van der Waals surface area contributed by atoms with E-state index >= 15 is 0 Å². The predicted molar refractivity (Wildman–Crippen MR) is 91.9 cm³/mol. The van der Waals surface area contributed by atoms with E-state index in [9.17, 15) is 13.6 Å². The van der Waals surface area contributed by atoms with Crippen molar-refractivity contribution in [3.8, 4) is 11.3 Å². The van der Waals surface area contributed by atoms with E-state index in [0.29, 0.717) is 12.1 Å². The SMILES string of the molecule is CN1CCC[C@]1(c1cc(-c2cc(F)ccc2F)on1)C(CS)C(N)=O. The third-order valence-corrected chi connectivity index (χ3v) is 5.35. The Kier molecular flexibility index (Phi) is 4.83. The van der Waals surface area contributed by atoms with Crippen LogP contribution in [0, 0.1) is 17.6 Å². The molecule has 3 rings (SSSR count). The molecule has 1 aromatic carbocycles. The van der Waals surface area contributed by atoms with E-state index in [-0.39, 0.29) is 17.1 Å². The normalized spacial score (nSPS) is 22.2. The number of aromatic nitrogens is 1. The molecule has 2 aromatic rings. The fourth-order valence-electron chi connectivity index (χ4n) is 3.69. The highest BCUT2D eigenvalue weighted by atomic mass is 32.1. The maximum absolute atomic E-state index is 14.0. The van der Waals surface area contributed by atoms with E-state index in [1.54, 1.807) is 6.07 Å². The first-order valence-corrected chi connectivity index (χ1v) is 8.57. The molecular weight excluding hydrogens is 348 g/mol. The summed E-state index contributed by atoms with van der Waals surface area (Å²) in [5.74, 6) is -1.90. The number of halogens is 2. The zero-order valence-electron chi connectivity index (χ0n) is 13.7. The van der Waals surface area contributed by atoms with Crippen molar-refractivity contribution in [2.24, 2.45) is 11.7 Å². The van der Waals surface area contributed by atoms with E-state index in [2.05, 4.69) is 17.8 Å². The first-order valence-electron chi connectivity index (χ1n) is 7.94. The van der Waals surface area contributed by atoms with Crippen LogP contribution in [0.15, 0.2) is 28.8 Å². The summed E-state index contributed by atoms with van der Waals surface area (Å²) >= 11 is 4.29. The van der Waals surface area contributed by atoms with Crippen LogP contribution in [0.25, 0.3) is 11.3 Å². The second-order valence-electron chi connectivity index (χ2n) is 6.29. The number of rotatable bonds is 5. The minimum Gasteiger partial charge on any atom is -0.369 e. The van der Waals surface area contributed by atoms with Crippen molar-refractivity contribution < 1.29 is 18.1 Å². The van der Waals surface area contributed by atoms with Gasteiger partial charge in [-0.25, -0.2) is 8.78 Å². The highest BCUT2D eigenvalue weighted by Gasteiger charge is 2.50. The minimum atomic E-state index is -0.765. The molecule has 1 fully saturated rings. The molecular formula is C17H19F2N3O2S. The van der Waals surface area contributed by atoms with Gasteiger partial charge in [-0.2, -0.15) is 12.6 Å². The molecule has 0 aliphatic carbocycles. The molecule has 0 spiro atoms. The lowest BCUT2D eigenvalue weighted by Gasteiger charge is -2.39. The van der Waals surface area contributed by atoms with Gasteiger partial charge in [0.15, 0.2) is 5.76 Å². The van der Waals surface area contributed by atoms with Crippen LogP contribution in [0.1, 0.15) is 18.5 Å². The summed E-state index contributed by atoms with van der Waals surface area (Å²) in [7, 11) is 1.88. The van der Waals surface area contributed by atoms with Crippen molar-refractivity contribution in [2.75, 3.05) is 19.3 Å². The lowest BCUT2D eigenvalue weighted by molar-refractivity contribution is -0.125. The molecule has 134 valence electrons. The Morgan fingerprint density at radius 2 is 2.24 bits per heavy atom. The average Bonchev–Trinajstić information content (AvgIpc) is 3.18. The number of carbonyl (C=O) groups is 1. The summed E-state index contributed by atoms with van der Waals surface area (Å²) in [5.41, 5.74) is 5.28. The van der Waals surface area contributed by atoms with E-state index in [0.717, 1.165) is 31.2 Å². The van der Waals surface area contributed by atoms with Crippen LogP contribution in [0.5, 0.6) is 0 Å². The lowest BCUT2D eigenvalue weighted by atomic mass is 9.79. The van der Waals surface area contributed by atoms with Crippen LogP contribution in [0.3, 0.4) is 0 Å². The van der Waals surface area contributed by atoms with Crippen molar-refractivity contribution in [2.45, 2.75) is 18.4 Å². The molecule has 1 aromatic heterocycles. The van der Waals surface area contributed by atoms with Gasteiger partial charge in [-0.3, -0.25) is 9.69 Å². The van der Waals surface area contributed by atoms with Crippen molar-refractivity contribution in [3.63, 3.8) is 0 Å². The molecule has 2 N–H and O–H groups in total. The smallest absolute Gasteiger partial charge is 0.223 e. The van der Waals surface area contributed by atoms with Crippen molar-refractivity contribution in [1.29, 1.82) is 0 Å². The Bertz CT molecular complexity index is 798. The van der Waals surface area contributed by atoms with E-state index < -0.39 is 29.0 Å². The van der Waals surface area contributed by atoms with E-state index in [1.807, 2.05) is 11.9 Å². The molecule has 1 aliphatic heterocycles. The zero-order valence-corrected chi connectivity index (χ0v) is 14.6. The number of amides is 1. The van der Waals surface area contributed by atoms with Gasteiger partial charge < -0.3 is 10.3 Å². The Hall–Kier alpha value is -1.93. The quantitative estimate of drug-likeness (QED) is 0.797. The van der Waals surface area contributed by atoms with Crippen LogP contribution in [0.4, 0.5) is 8.78 Å². The van der Waals surface area contributed by atoms with Crippen molar-refractivity contribution >= 4 is 18.5 Å². The molecule has 0 saturated carbocycles. The summed E-state index contributed by atoms with van der Waals surface area (Å²) in [6.45, 7) is 0.758. The summed E-state index contributed by atoms with van der Waals surface area (Å²) < 4.78 is 32.8. The summed E-state index contributed by atoms with van der Waals surface area (Å²) in [6.07, 6.45) is 1.50. The van der Waals surface area contributed by atoms with Gasteiger partial charge in [0.25, 0.3) is 0 Å². The number of benzene rings is 1. The second kappa shape index (κ2) is 6.76. The van der Waals surface area contributed by atoms with Crippen LogP contribution >= 0.6 is 12.6 Å². The van der Waals surface area contributed by atoms with Crippen molar-refractivity contribution in [3.05, 3.63) is 41.6 Å². The number of likely N-dealkylation sites (tertiary alicyclic amines) is 1. The molecule has 0 radical (unpaired) electrons. The number of carbonyl (C=O) groups excluding carboxylic acids is 1. The topological polar surface area (TPSA) is 72.4 Å². The van der Waals surface area contributed by atoms with Gasteiger partial charge in [0.2, 0.25) is 5.91 Å². The standard InChI is InChI=1S/C17H19F2N3O2S/c1-22-6-2-5-17(22,12(9-25)16(20)23)15-8-14(24-21-15)11-7-10(18)3-4-13(11)19/h3-4,7-8,12,25H,2,5-6,9H2,1H3,(H2,20,23)/t12?,17-/m1/s1. The van der Waals surface area contributed by atoms with Gasteiger partial charge in [-0.15, -0.1) is 0 Å². The number of hydrogen-bond donors (Lipinski definition) is 2. The fourth-order valence-corrected chi connectivity index (χ4v) is 4.17. The highest BCUT2D eigenvalue weighted by Crippen LogP contribution is 2.45. The van der Waals surface area contributed by atoms with Gasteiger partial charge >= 0.3 is 0 Å². The molecule has 1 aliphatic rings. The number of nitrogens with two attached hydrogens (primary N) is 1. The van der Waals surface area contributed by atoms with Gasteiger partial charge in [0.1, 0.15) is 17.3 Å². The molecule has 2 atom stereocenters. The van der Waals surface area contributed by atoms with Crippen molar-refractivity contribution in [1.82, 2.24) is 10.1 Å². The third-order valence-electron chi connectivity index (χ3n) is 4.98. The molecule has 0 bridgehead atoms. The van der Waals surface area contributed by atoms with Gasteiger partial charge in [-0.1, -0.05) is 5.16 Å². The first-order chi connectivity index (χ1) is 11.9. The van der Waals surface area contributed by atoms with E-state index in [1.165, 1.54) is 0 Å². The average molecular weight is 367 g/mol. The van der Waals surface area contributed by atoms with Gasteiger partial charge in [0.05, 0.1) is 17.0 Å². The third kappa shape index (κ3) is 2.93. The van der Waals surface area contributed by atoms with Crippen LogP contribution in [0.2, 0.25) is 0 Å². The summed E-state index contributed by atoms with van der Waals surface area (Å²) in [4.78, 5) is 14.0. The van der Waals surface area contributed by atoms with Gasteiger partial charge in [-0.05, 0) is 44.6 Å². The fraction of sp³-hybridized carbons (Fsp3) is 0.412. The molecule has 1 amide bonds. The van der Waals surface area contributed by atoms with Crippen LogP contribution < -0.4 is 5.73 Å². The minimum absolute atomic E-state index is 0.0175. The predicted octanol–water partition coefficient (Wildman–Crippen LogP) is 2.57. The molecule has 2 heterocycles. The van der Waals surface area contributed by atoms with Gasteiger partial charge in [0, 0.05) is 11.8 Å². The Morgan fingerprint density at radius 3 is 2.84 bits per heavy atom. The molecule has 1 unspecified atom stereocenters. The van der Waals surface area contributed by atoms with Crippen LogP contribution in [-0.4, -0.2) is 35.3 Å². The maximum Gasteiger partial charge on any atom is 0.223 e. The largest absolute Gasteiger partial charge is 0.369 e. The molecule has 5 nitrogen and oxygen atoms in total. The number of nitrogens with zero attached hydrogens (tertiary/aromatic N) is 2. The number of hydrogen-bond acceptors (Lipinski definition) is 5. The maximum atomic E-state index is 14.0. The first kappa shape index (κ1) is 17.9. The summed E-state index contributed by atoms with van der Waals surface area (Å²) in [5, 5.41) is 4.07. The summed E-state index contributed by atoms with van der Waals surface area (Å²) in [6, 6.07) is 4.67. The second-order valence-corrected chi connectivity index (χ2v) is 6.65. The van der Waals surface area contributed by atoms with Crippen LogP contribution in [-0.2, 0) is 10.3 Å². The highest BCUT2D eigenvalue weighted by molar-refractivity contribution is 7.80. The molecule has 25 heavy (non-hydrogen) atoms. The number of thiol groups is 1. The number of primary amides is 1. The Balaban J connectivity index is 2.09. The lowest BCUT2D eigenvalue weighted by Crippen LogP contribution is -2.51. The Labute approximate surface area is 149 Å². The zero-order chi connectivity index (χ0) is 18.2. The van der Waals surface area contributed by atoms with E-state index in [4.69, 9.17) is 10.3 Å². The molecule has 8 heteroatoms. The molecule has 1 saturated heterocycles.